The Labute approximate surface area is 96.2 Å². The van der Waals surface area contributed by atoms with Gasteiger partial charge in [0.15, 0.2) is 0 Å². The fraction of sp³-hybridized carbons (Fsp3) is 0.462. The van der Waals surface area contributed by atoms with Crippen LogP contribution >= 0.6 is 0 Å². The van der Waals surface area contributed by atoms with Crippen molar-refractivity contribution in [3.05, 3.63) is 35.9 Å². The van der Waals surface area contributed by atoms with Crippen molar-refractivity contribution in [2.75, 3.05) is 13.1 Å². The van der Waals surface area contributed by atoms with Gasteiger partial charge in [-0.15, -0.1) is 0 Å². The van der Waals surface area contributed by atoms with Crippen molar-refractivity contribution in [2.24, 2.45) is 11.7 Å². The van der Waals surface area contributed by atoms with Gasteiger partial charge in [-0.2, -0.15) is 0 Å². The zero-order valence-electron chi connectivity index (χ0n) is 9.60. The minimum atomic E-state index is 0.1000. The summed E-state index contributed by atoms with van der Waals surface area (Å²) in [5, 5.41) is 0. The molecule has 1 aromatic carbocycles. The molecule has 0 aromatic heterocycles. The van der Waals surface area contributed by atoms with Gasteiger partial charge in [0.1, 0.15) is 0 Å². The summed E-state index contributed by atoms with van der Waals surface area (Å²) in [6.45, 7) is 3.65. The van der Waals surface area contributed by atoms with E-state index >= 15 is 0 Å². The summed E-state index contributed by atoms with van der Waals surface area (Å²) >= 11 is 0. The van der Waals surface area contributed by atoms with Crippen molar-refractivity contribution in [1.82, 2.24) is 4.90 Å². The number of piperidine rings is 1. The Morgan fingerprint density at radius 1 is 1.38 bits per heavy atom. The molecule has 2 unspecified atom stereocenters. The summed E-state index contributed by atoms with van der Waals surface area (Å²) in [7, 11) is 0. The van der Waals surface area contributed by atoms with Gasteiger partial charge in [-0.1, -0.05) is 25.1 Å². The number of benzene rings is 1. The Morgan fingerprint density at radius 3 is 2.69 bits per heavy atom. The minimum absolute atomic E-state index is 0.1000. The van der Waals surface area contributed by atoms with E-state index in [9.17, 15) is 4.79 Å². The first-order valence-electron chi connectivity index (χ1n) is 5.78. The Hall–Kier alpha value is -1.35. The Kier molecular flexibility index (Phi) is 3.25. The van der Waals surface area contributed by atoms with Crippen molar-refractivity contribution in [3.63, 3.8) is 0 Å². The maximum absolute atomic E-state index is 12.1. The zero-order chi connectivity index (χ0) is 11.5. The summed E-state index contributed by atoms with van der Waals surface area (Å²) in [5.41, 5.74) is 6.74. The molecule has 2 rings (SSSR count). The highest BCUT2D eigenvalue weighted by atomic mass is 16.2. The molecule has 3 heteroatoms. The van der Waals surface area contributed by atoms with Crippen molar-refractivity contribution in [1.29, 1.82) is 0 Å². The zero-order valence-corrected chi connectivity index (χ0v) is 9.60. The van der Waals surface area contributed by atoms with Crippen LogP contribution in [0, 0.1) is 5.92 Å². The molecule has 16 heavy (non-hydrogen) atoms. The third kappa shape index (κ3) is 2.25. The Morgan fingerprint density at radius 2 is 2.06 bits per heavy atom. The molecule has 1 fully saturated rings. The van der Waals surface area contributed by atoms with Crippen molar-refractivity contribution < 1.29 is 4.79 Å². The predicted molar refractivity (Wildman–Crippen MR) is 64.1 cm³/mol. The van der Waals surface area contributed by atoms with E-state index in [4.69, 9.17) is 5.73 Å². The molecule has 1 amide bonds. The van der Waals surface area contributed by atoms with Gasteiger partial charge in [0.05, 0.1) is 0 Å². The van der Waals surface area contributed by atoms with Gasteiger partial charge in [-0.25, -0.2) is 0 Å². The van der Waals surface area contributed by atoms with Gasteiger partial charge in [0.25, 0.3) is 5.91 Å². The van der Waals surface area contributed by atoms with Crippen molar-refractivity contribution >= 4 is 5.91 Å². The second kappa shape index (κ2) is 4.66. The highest BCUT2D eigenvalue weighted by molar-refractivity contribution is 5.94. The van der Waals surface area contributed by atoms with Gasteiger partial charge in [-0.05, 0) is 24.5 Å². The van der Waals surface area contributed by atoms with Gasteiger partial charge in [0.2, 0.25) is 0 Å². The lowest BCUT2D eigenvalue weighted by molar-refractivity contribution is 0.0672. The largest absolute Gasteiger partial charge is 0.337 e. The van der Waals surface area contributed by atoms with E-state index in [1.807, 2.05) is 35.2 Å². The number of likely N-dealkylation sites (tertiary alicyclic amines) is 1. The molecule has 0 radical (unpaired) electrons. The molecule has 2 atom stereocenters. The van der Waals surface area contributed by atoms with Gasteiger partial charge in [0, 0.05) is 24.7 Å². The van der Waals surface area contributed by atoms with Gasteiger partial charge < -0.3 is 10.6 Å². The highest BCUT2D eigenvalue weighted by Crippen LogP contribution is 2.17. The fourth-order valence-electron chi connectivity index (χ4n) is 2.05. The van der Waals surface area contributed by atoms with Gasteiger partial charge in [-0.3, -0.25) is 4.79 Å². The van der Waals surface area contributed by atoms with Crippen LogP contribution < -0.4 is 5.73 Å². The fourth-order valence-corrected chi connectivity index (χ4v) is 2.05. The highest BCUT2D eigenvalue weighted by Gasteiger charge is 2.26. The molecule has 0 spiro atoms. The number of carbonyl (C=O) groups excluding carboxylic acids is 1. The molecule has 1 aliphatic rings. The molecule has 1 aliphatic heterocycles. The Balaban J connectivity index is 2.06. The monoisotopic (exact) mass is 218 g/mol. The molecule has 0 aliphatic carbocycles. The van der Waals surface area contributed by atoms with Crippen LogP contribution in [0.25, 0.3) is 0 Å². The van der Waals surface area contributed by atoms with E-state index in [1.165, 1.54) is 0 Å². The number of nitrogens with zero attached hydrogens (tertiary/aromatic N) is 1. The van der Waals surface area contributed by atoms with E-state index < -0.39 is 0 Å². The molecule has 1 heterocycles. The summed E-state index contributed by atoms with van der Waals surface area (Å²) in [6, 6.07) is 9.51. The summed E-state index contributed by atoms with van der Waals surface area (Å²) in [4.78, 5) is 14.0. The van der Waals surface area contributed by atoms with Crippen LogP contribution in [0.3, 0.4) is 0 Å². The molecular weight excluding hydrogens is 200 g/mol. The van der Waals surface area contributed by atoms with E-state index in [2.05, 4.69) is 6.92 Å². The Bertz CT molecular complexity index is 363. The smallest absolute Gasteiger partial charge is 0.253 e. The molecule has 86 valence electrons. The van der Waals surface area contributed by atoms with Crippen LogP contribution in [0.2, 0.25) is 0 Å². The van der Waals surface area contributed by atoms with Gasteiger partial charge >= 0.3 is 0 Å². The van der Waals surface area contributed by atoms with Crippen LogP contribution in [-0.4, -0.2) is 29.9 Å². The standard InChI is InChI=1S/C13H18N2O/c1-10-7-8-15(9-12(10)14)13(16)11-5-3-2-4-6-11/h2-6,10,12H,7-9,14H2,1H3. The number of rotatable bonds is 1. The van der Waals surface area contributed by atoms with E-state index in [1.54, 1.807) is 0 Å². The number of nitrogens with two attached hydrogens (primary N) is 1. The first-order valence-corrected chi connectivity index (χ1v) is 5.78. The average Bonchev–Trinajstić information content (AvgIpc) is 2.33. The van der Waals surface area contributed by atoms with E-state index in [0.717, 1.165) is 18.5 Å². The van der Waals surface area contributed by atoms with Crippen LogP contribution in [-0.2, 0) is 0 Å². The third-order valence-electron chi connectivity index (χ3n) is 3.32. The molecule has 3 nitrogen and oxygen atoms in total. The second-order valence-electron chi connectivity index (χ2n) is 4.55. The quantitative estimate of drug-likeness (QED) is 0.776. The van der Waals surface area contributed by atoms with Crippen LogP contribution in [0.1, 0.15) is 23.7 Å². The molecule has 1 saturated heterocycles. The van der Waals surface area contributed by atoms with Crippen LogP contribution in [0.15, 0.2) is 30.3 Å². The number of carbonyl (C=O) groups is 1. The molecule has 0 bridgehead atoms. The first-order chi connectivity index (χ1) is 7.68. The minimum Gasteiger partial charge on any atom is -0.337 e. The second-order valence-corrected chi connectivity index (χ2v) is 4.55. The van der Waals surface area contributed by atoms with Crippen molar-refractivity contribution in [2.45, 2.75) is 19.4 Å². The van der Waals surface area contributed by atoms with Crippen LogP contribution in [0.5, 0.6) is 0 Å². The number of hydrogen-bond donors (Lipinski definition) is 1. The van der Waals surface area contributed by atoms with E-state index in [-0.39, 0.29) is 11.9 Å². The van der Waals surface area contributed by atoms with Crippen molar-refractivity contribution in [3.8, 4) is 0 Å². The topological polar surface area (TPSA) is 46.3 Å². The summed E-state index contributed by atoms with van der Waals surface area (Å²) in [5.74, 6) is 0.614. The lowest BCUT2D eigenvalue weighted by Gasteiger charge is -2.35. The van der Waals surface area contributed by atoms with Crippen LogP contribution in [0.4, 0.5) is 0 Å². The first kappa shape index (κ1) is 11.1. The molecule has 2 N–H and O–H groups in total. The third-order valence-corrected chi connectivity index (χ3v) is 3.32. The molecular formula is C13H18N2O. The summed E-state index contributed by atoms with van der Waals surface area (Å²) < 4.78 is 0. The number of hydrogen-bond acceptors (Lipinski definition) is 2. The number of amides is 1. The molecule has 1 aromatic rings. The summed E-state index contributed by atoms with van der Waals surface area (Å²) in [6.07, 6.45) is 1.000. The SMILES string of the molecule is CC1CCN(C(=O)c2ccccc2)CC1N. The normalized spacial score (nSPS) is 25.5. The lowest BCUT2D eigenvalue weighted by atomic mass is 9.94. The maximum Gasteiger partial charge on any atom is 0.253 e. The molecule has 0 saturated carbocycles. The average molecular weight is 218 g/mol. The van der Waals surface area contributed by atoms with E-state index in [0.29, 0.717) is 12.5 Å². The lowest BCUT2D eigenvalue weighted by Crippen LogP contribution is -2.49. The predicted octanol–water partition coefficient (Wildman–Crippen LogP) is 1.50. The maximum atomic E-state index is 12.1.